The van der Waals surface area contributed by atoms with Crippen molar-refractivity contribution >= 4 is 5.91 Å². The summed E-state index contributed by atoms with van der Waals surface area (Å²) in [5, 5.41) is 0. The molecule has 1 amide bonds. The number of amides is 1. The van der Waals surface area contributed by atoms with Gasteiger partial charge >= 0.3 is 0 Å². The highest BCUT2D eigenvalue weighted by atomic mass is 19.1. The van der Waals surface area contributed by atoms with Crippen molar-refractivity contribution in [2.75, 3.05) is 26.8 Å². The first-order valence-corrected chi connectivity index (χ1v) is 11.1. The Bertz CT molecular complexity index is 944. The Morgan fingerprint density at radius 3 is 2.56 bits per heavy atom. The van der Waals surface area contributed by atoms with E-state index in [9.17, 15) is 13.6 Å². The second kappa shape index (κ2) is 9.55. The smallest absolute Gasteiger partial charge is 0.257 e. The van der Waals surface area contributed by atoms with Crippen LogP contribution in [0.5, 0.6) is 5.75 Å². The zero-order valence-electron chi connectivity index (χ0n) is 18.5. The van der Waals surface area contributed by atoms with Crippen LogP contribution < -0.4 is 4.74 Å². The lowest BCUT2D eigenvalue weighted by Gasteiger charge is -2.48. The number of ether oxygens (including phenoxy) is 3. The molecular formula is C25H29F2NO4. The lowest BCUT2D eigenvalue weighted by Crippen LogP contribution is -2.52. The standard InChI is InChI=1S/C25H29F2NO4/c1-3-31-19-15-22(17-7-5-4-6-8-17)32-25(16-19)9-11-28(12-10-25)24(29)20-13-18(26)14-21(27)23(20)30-2/h4-8,13-14,19,22H,3,9-12,15-16H2,1-2H3/t19-,22-/m0/s1. The summed E-state index contributed by atoms with van der Waals surface area (Å²) in [6.45, 7) is 3.49. The summed E-state index contributed by atoms with van der Waals surface area (Å²) in [4.78, 5) is 14.7. The van der Waals surface area contributed by atoms with Crippen LogP contribution in [0.15, 0.2) is 42.5 Å². The number of halogens is 2. The molecule has 172 valence electrons. The van der Waals surface area contributed by atoms with Gasteiger partial charge in [0.05, 0.1) is 30.5 Å². The van der Waals surface area contributed by atoms with Crippen LogP contribution in [0.25, 0.3) is 0 Å². The van der Waals surface area contributed by atoms with Crippen LogP contribution in [0.3, 0.4) is 0 Å². The lowest BCUT2D eigenvalue weighted by molar-refractivity contribution is -0.190. The molecule has 0 unspecified atom stereocenters. The number of methoxy groups -OCH3 is 1. The number of carbonyl (C=O) groups excluding carboxylic acids is 1. The van der Waals surface area contributed by atoms with Crippen LogP contribution in [-0.2, 0) is 9.47 Å². The molecule has 1 spiro atoms. The molecule has 0 aromatic heterocycles. The van der Waals surface area contributed by atoms with Crippen LogP contribution in [0, 0.1) is 11.6 Å². The molecule has 32 heavy (non-hydrogen) atoms. The zero-order valence-corrected chi connectivity index (χ0v) is 18.5. The molecular weight excluding hydrogens is 416 g/mol. The van der Waals surface area contributed by atoms with Crippen LogP contribution in [0.2, 0.25) is 0 Å². The molecule has 0 N–H and O–H groups in total. The van der Waals surface area contributed by atoms with Gasteiger partial charge in [-0.25, -0.2) is 8.78 Å². The minimum atomic E-state index is -0.884. The van der Waals surface area contributed by atoms with E-state index >= 15 is 0 Å². The Morgan fingerprint density at radius 1 is 1.19 bits per heavy atom. The van der Waals surface area contributed by atoms with E-state index in [-0.39, 0.29) is 23.5 Å². The quantitative estimate of drug-likeness (QED) is 0.657. The molecule has 2 aromatic carbocycles. The average molecular weight is 446 g/mol. The van der Waals surface area contributed by atoms with E-state index in [0.717, 1.165) is 24.5 Å². The van der Waals surface area contributed by atoms with Crippen molar-refractivity contribution in [3.05, 3.63) is 65.2 Å². The maximum Gasteiger partial charge on any atom is 0.257 e. The van der Waals surface area contributed by atoms with Crippen molar-refractivity contribution in [2.45, 2.75) is 50.4 Å². The Kier molecular flexibility index (Phi) is 6.76. The van der Waals surface area contributed by atoms with Crippen molar-refractivity contribution in [3.8, 4) is 5.75 Å². The molecule has 2 aliphatic rings. The maximum absolute atomic E-state index is 14.1. The van der Waals surface area contributed by atoms with Crippen molar-refractivity contribution in [2.24, 2.45) is 0 Å². The van der Waals surface area contributed by atoms with Crippen LogP contribution >= 0.6 is 0 Å². The Hall–Kier alpha value is -2.51. The van der Waals surface area contributed by atoms with Gasteiger partial charge in [-0.3, -0.25) is 4.79 Å². The SMILES string of the molecule is CCO[C@H]1C[C@@H](c2ccccc2)OC2(CCN(C(=O)c3cc(F)cc(F)c3OC)CC2)C1. The number of rotatable bonds is 5. The summed E-state index contributed by atoms with van der Waals surface area (Å²) in [5.74, 6) is -2.36. The van der Waals surface area contributed by atoms with Crippen molar-refractivity contribution in [1.82, 2.24) is 4.90 Å². The highest BCUT2D eigenvalue weighted by Crippen LogP contribution is 2.44. The molecule has 0 aliphatic carbocycles. The zero-order chi connectivity index (χ0) is 22.7. The number of hydrogen-bond donors (Lipinski definition) is 0. The van der Waals surface area contributed by atoms with E-state index in [0.29, 0.717) is 38.6 Å². The number of hydrogen-bond acceptors (Lipinski definition) is 4. The van der Waals surface area contributed by atoms with Crippen molar-refractivity contribution in [1.29, 1.82) is 0 Å². The highest BCUT2D eigenvalue weighted by molar-refractivity contribution is 5.97. The number of carbonyl (C=O) groups is 1. The average Bonchev–Trinajstić information content (AvgIpc) is 2.79. The third kappa shape index (κ3) is 4.64. The summed E-state index contributed by atoms with van der Waals surface area (Å²) < 4.78 is 45.5. The number of piperidine rings is 1. The summed E-state index contributed by atoms with van der Waals surface area (Å²) in [6.07, 6.45) is 2.84. The van der Waals surface area contributed by atoms with E-state index < -0.39 is 23.1 Å². The van der Waals surface area contributed by atoms with Gasteiger partial charge in [0.15, 0.2) is 11.6 Å². The molecule has 2 aliphatic heterocycles. The first-order chi connectivity index (χ1) is 15.4. The summed E-state index contributed by atoms with van der Waals surface area (Å²) >= 11 is 0. The van der Waals surface area contributed by atoms with E-state index in [4.69, 9.17) is 14.2 Å². The molecule has 7 heteroatoms. The largest absolute Gasteiger partial charge is 0.493 e. The van der Waals surface area contributed by atoms with Crippen LogP contribution in [0.4, 0.5) is 8.78 Å². The molecule has 2 fully saturated rings. The maximum atomic E-state index is 14.1. The summed E-state index contributed by atoms with van der Waals surface area (Å²) in [7, 11) is 1.27. The minimum Gasteiger partial charge on any atom is -0.493 e. The van der Waals surface area contributed by atoms with Gasteiger partial charge in [0.25, 0.3) is 5.91 Å². The van der Waals surface area contributed by atoms with Gasteiger partial charge in [-0.05, 0) is 31.4 Å². The highest BCUT2D eigenvalue weighted by Gasteiger charge is 2.45. The van der Waals surface area contributed by atoms with Gasteiger partial charge in [-0.2, -0.15) is 0 Å². The minimum absolute atomic E-state index is 0.0684. The van der Waals surface area contributed by atoms with Crippen molar-refractivity contribution in [3.63, 3.8) is 0 Å². The first kappa shape index (κ1) is 22.7. The Morgan fingerprint density at radius 2 is 1.91 bits per heavy atom. The van der Waals surface area contributed by atoms with E-state index in [2.05, 4.69) is 12.1 Å². The summed E-state index contributed by atoms with van der Waals surface area (Å²) in [6, 6.07) is 11.9. The number of likely N-dealkylation sites (tertiary alicyclic amines) is 1. The van der Waals surface area contributed by atoms with Gasteiger partial charge in [0.2, 0.25) is 0 Å². The first-order valence-electron chi connectivity index (χ1n) is 11.1. The van der Waals surface area contributed by atoms with Gasteiger partial charge in [0.1, 0.15) is 5.82 Å². The van der Waals surface area contributed by atoms with E-state index in [1.54, 1.807) is 4.90 Å². The number of nitrogens with zero attached hydrogens (tertiary/aromatic N) is 1. The normalized spacial score (nSPS) is 22.7. The van der Waals surface area contributed by atoms with Gasteiger partial charge in [-0.15, -0.1) is 0 Å². The predicted molar refractivity (Wildman–Crippen MR) is 116 cm³/mol. The fourth-order valence-electron chi connectivity index (χ4n) is 4.91. The topological polar surface area (TPSA) is 48.0 Å². The fraction of sp³-hybridized carbons (Fsp3) is 0.480. The number of benzene rings is 2. The van der Waals surface area contributed by atoms with E-state index in [1.807, 2.05) is 25.1 Å². The predicted octanol–water partition coefficient (Wildman–Crippen LogP) is 4.91. The molecule has 2 saturated heterocycles. The Balaban J connectivity index is 1.50. The molecule has 4 rings (SSSR count). The third-order valence-corrected chi connectivity index (χ3v) is 6.45. The van der Waals surface area contributed by atoms with Crippen LogP contribution in [-0.4, -0.2) is 49.3 Å². The molecule has 2 aromatic rings. The van der Waals surface area contributed by atoms with E-state index in [1.165, 1.54) is 7.11 Å². The molecule has 0 saturated carbocycles. The summed E-state index contributed by atoms with van der Waals surface area (Å²) in [5.41, 5.74) is 0.627. The monoisotopic (exact) mass is 445 g/mol. The Labute approximate surface area is 187 Å². The fourth-order valence-corrected chi connectivity index (χ4v) is 4.91. The molecule has 0 radical (unpaired) electrons. The molecule has 5 nitrogen and oxygen atoms in total. The lowest BCUT2D eigenvalue weighted by atomic mass is 9.80. The van der Waals surface area contributed by atoms with Crippen LogP contribution in [0.1, 0.15) is 54.6 Å². The molecule has 2 heterocycles. The molecule has 2 atom stereocenters. The second-order valence-electron chi connectivity index (χ2n) is 8.48. The second-order valence-corrected chi connectivity index (χ2v) is 8.48. The van der Waals surface area contributed by atoms with Gasteiger partial charge in [0, 0.05) is 38.6 Å². The molecule has 0 bridgehead atoms. The van der Waals surface area contributed by atoms with Gasteiger partial charge < -0.3 is 19.1 Å². The third-order valence-electron chi connectivity index (χ3n) is 6.45. The van der Waals surface area contributed by atoms with Gasteiger partial charge in [-0.1, -0.05) is 30.3 Å². The van der Waals surface area contributed by atoms with Crippen molar-refractivity contribution < 1.29 is 27.8 Å².